The number of hydrogen-bond acceptors (Lipinski definition) is 4. The van der Waals surface area contributed by atoms with Crippen molar-refractivity contribution in [2.45, 2.75) is 32.4 Å². The molecule has 0 spiro atoms. The molecule has 1 aliphatic rings. The van der Waals surface area contributed by atoms with Crippen molar-refractivity contribution >= 4 is 33.8 Å². The normalized spacial score (nSPS) is 17.6. The number of aromatic amines is 1. The van der Waals surface area contributed by atoms with Crippen LogP contribution in [-0.2, 0) is 11.3 Å². The van der Waals surface area contributed by atoms with Gasteiger partial charge in [-0.1, -0.05) is 30.3 Å². The van der Waals surface area contributed by atoms with Gasteiger partial charge in [-0.25, -0.2) is 0 Å². The highest BCUT2D eigenvalue weighted by atomic mass is 32.1. The monoisotopic (exact) mass is 358 g/mol. The molecule has 0 bridgehead atoms. The van der Waals surface area contributed by atoms with Crippen molar-refractivity contribution in [1.29, 1.82) is 0 Å². The maximum absolute atomic E-state index is 13.2. The molecule has 1 aliphatic heterocycles. The summed E-state index contributed by atoms with van der Waals surface area (Å²) in [5.41, 5.74) is 2.05. The molecule has 2 aromatic heterocycles. The topological polar surface area (TPSA) is 47.0 Å². The lowest BCUT2D eigenvalue weighted by molar-refractivity contribution is 0.0957. The summed E-state index contributed by atoms with van der Waals surface area (Å²) in [4.78, 5) is 18.4. The Labute approximate surface area is 148 Å². The number of thiophene rings is 1. The van der Waals surface area contributed by atoms with E-state index in [0.717, 1.165) is 45.7 Å². The van der Waals surface area contributed by atoms with Crippen molar-refractivity contribution < 1.29 is 4.74 Å². The van der Waals surface area contributed by atoms with E-state index in [9.17, 15) is 4.79 Å². The second kappa shape index (κ2) is 6.27. The van der Waals surface area contributed by atoms with Crippen LogP contribution in [0.4, 0.5) is 0 Å². The molecule has 1 N–H and O–H groups in total. The molecule has 124 valence electrons. The van der Waals surface area contributed by atoms with E-state index in [1.807, 2.05) is 37.3 Å². The fourth-order valence-electron chi connectivity index (χ4n) is 3.34. The zero-order valence-corrected chi connectivity index (χ0v) is 15.0. The summed E-state index contributed by atoms with van der Waals surface area (Å²) >= 11 is 7.02. The molecular formula is C18H18N2O2S2. The van der Waals surface area contributed by atoms with Gasteiger partial charge in [0.25, 0.3) is 5.56 Å². The Bertz CT molecular complexity index is 996. The number of aryl methyl sites for hydroxylation is 1. The van der Waals surface area contributed by atoms with Crippen LogP contribution in [-0.4, -0.2) is 22.3 Å². The van der Waals surface area contributed by atoms with E-state index in [1.165, 1.54) is 0 Å². The minimum Gasteiger partial charge on any atom is -0.376 e. The minimum atomic E-state index is -0.0209. The maximum Gasteiger partial charge on any atom is 0.263 e. The van der Waals surface area contributed by atoms with Gasteiger partial charge < -0.3 is 9.72 Å². The van der Waals surface area contributed by atoms with Gasteiger partial charge in [0.15, 0.2) is 4.77 Å². The van der Waals surface area contributed by atoms with Crippen molar-refractivity contribution in [3.63, 3.8) is 0 Å². The van der Waals surface area contributed by atoms with Gasteiger partial charge in [0.1, 0.15) is 4.83 Å². The molecule has 1 aromatic carbocycles. The fourth-order valence-corrected chi connectivity index (χ4v) is 4.73. The first-order valence-electron chi connectivity index (χ1n) is 8.08. The van der Waals surface area contributed by atoms with Crippen molar-refractivity contribution in [1.82, 2.24) is 9.55 Å². The van der Waals surface area contributed by atoms with E-state index in [1.54, 1.807) is 15.9 Å². The standard InChI is InChI=1S/C18H18N2O2S2/c1-11-14(12-6-3-2-4-7-12)15-16(24-11)19-18(23)20(17(15)21)10-13-8-5-9-22-13/h2-4,6-7,13H,5,8-10H2,1H3,(H,19,23)/t13-/m1/s1. The third-order valence-corrected chi connectivity index (χ3v) is 5.82. The highest BCUT2D eigenvalue weighted by Crippen LogP contribution is 2.35. The first kappa shape index (κ1) is 15.7. The summed E-state index contributed by atoms with van der Waals surface area (Å²) in [5.74, 6) is 0. The smallest absolute Gasteiger partial charge is 0.263 e. The van der Waals surface area contributed by atoms with E-state index in [-0.39, 0.29) is 11.7 Å². The summed E-state index contributed by atoms with van der Waals surface area (Å²) in [7, 11) is 0. The second-order valence-corrected chi connectivity index (χ2v) is 7.70. The first-order valence-corrected chi connectivity index (χ1v) is 9.31. The number of ether oxygens (including phenoxy) is 1. The number of hydrogen-bond donors (Lipinski definition) is 1. The second-order valence-electron chi connectivity index (χ2n) is 6.08. The summed E-state index contributed by atoms with van der Waals surface area (Å²) in [6, 6.07) is 10.1. The average molecular weight is 358 g/mol. The molecule has 4 nitrogen and oxygen atoms in total. The van der Waals surface area contributed by atoms with Crippen LogP contribution in [0.15, 0.2) is 35.1 Å². The number of nitrogens with zero attached hydrogens (tertiary/aromatic N) is 1. The Morgan fingerprint density at radius 2 is 2.17 bits per heavy atom. The Kier molecular flexibility index (Phi) is 4.12. The van der Waals surface area contributed by atoms with Crippen molar-refractivity contribution in [3.8, 4) is 11.1 Å². The summed E-state index contributed by atoms with van der Waals surface area (Å²) in [5, 5.41) is 0.732. The third-order valence-electron chi connectivity index (χ3n) is 4.48. The fraction of sp³-hybridized carbons (Fsp3) is 0.333. The Morgan fingerprint density at radius 3 is 2.88 bits per heavy atom. The molecule has 0 radical (unpaired) electrons. The minimum absolute atomic E-state index is 0.0209. The van der Waals surface area contributed by atoms with Crippen molar-refractivity contribution in [2.24, 2.45) is 0 Å². The van der Waals surface area contributed by atoms with Gasteiger partial charge in [0, 0.05) is 17.0 Å². The lowest BCUT2D eigenvalue weighted by atomic mass is 10.0. The Morgan fingerprint density at radius 1 is 1.38 bits per heavy atom. The number of aromatic nitrogens is 2. The number of benzene rings is 1. The van der Waals surface area contributed by atoms with Crippen LogP contribution in [0.3, 0.4) is 0 Å². The largest absolute Gasteiger partial charge is 0.376 e. The lowest BCUT2D eigenvalue weighted by Crippen LogP contribution is -2.27. The Hall–Kier alpha value is -1.76. The molecule has 1 saturated heterocycles. The summed E-state index contributed by atoms with van der Waals surface area (Å²) in [6.45, 7) is 3.34. The third kappa shape index (κ3) is 2.64. The van der Waals surface area contributed by atoms with Gasteiger partial charge in [-0.15, -0.1) is 11.3 Å². The Balaban J connectivity index is 1.93. The average Bonchev–Trinajstić information content (AvgIpc) is 3.19. The van der Waals surface area contributed by atoms with Gasteiger partial charge in [-0.2, -0.15) is 0 Å². The molecule has 0 saturated carbocycles. The predicted octanol–water partition coefficient (Wildman–Crippen LogP) is 4.28. The number of fused-ring (bicyclic) bond motifs is 1. The molecule has 0 amide bonds. The van der Waals surface area contributed by atoms with Crippen LogP contribution in [0.25, 0.3) is 21.3 Å². The molecular weight excluding hydrogens is 340 g/mol. The van der Waals surface area contributed by atoms with Crippen LogP contribution in [0.2, 0.25) is 0 Å². The molecule has 3 aromatic rings. The highest BCUT2D eigenvalue weighted by Gasteiger charge is 2.21. The summed E-state index contributed by atoms with van der Waals surface area (Å²) in [6.07, 6.45) is 2.11. The van der Waals surface area contributed by atoms with E-state index in [4.69, 9.17) is 17.0 Å². The van der Waals surface area contributed by atoms with Crippen LogP contribution in [0.1, 0.15) is 17.7 Å². The first-order chi connectivity index (χ1) is 11.6. The maximum atomic E-state index is 13.2. The predicted molar refractivity (Wildman–Crippen MR) is 100 cm³/mol. The van der Waals surface area contributed by atoms with Gasteiger partial charge in [-0.3, -0.25) is 9.36 Å². The van der Waals surface area contributed by atoms with Crippen molar-refractivity contribution in [3.05, 3.63) is 50.3 Å². The highest BCUT2D eigenvalue weighted by molar-refractivity contribution is 7.71. The van der Waals surface area contributed by atoms with E-state index < -0.39 is 0 Å². The van der Waals surface area contributed by atoms with Crippen LogP contribution < -0.4 is 5.56 Å². The molecule has 0 unspecified atom stereocenters. The van der Waals surface area contributed by atoms with Crippen LogP contribution in [0.5, 0.6) is 0 Å². The van der Waals surface area contributed by atoms with Gasteiger partial charge in [-0.05, 0) is 37.5 Å². The lowest BCUT2D eigenvalue weighted by Gasteiger charge is -2.12. The van der Waals surface area contributed by atoms with E-state index in [2.05, 4.69) is 4.98 Å². The quantitative estimate of drug-likeness (QED) is 0.711. The number of rotatable bonds is 3. The zero-order chi connectivity index (χ0) is 16.7. The molecule has 24 heavy (non-hydrogen) atoms. The van der Waals surface area contributed by atoms with Gasteiger partial charge >= 0.3 is 0 Å². The molecule has 1 fully saturated rings. The van der Waals surface area contributed by atoms with Crippen LogP contribution in [0, 0.1) is 11.7 Å². The molecule has 6 heteroatoms. The molecule has 1 atom stereocenters. The number of nitrogens with one attached hydrogen (secondary N) is 1. The number of H-pyrrole nitrogens is 1. The van der Waals surface area contributed by atoms with Crippen LogP contribution >= 0.6 is 23.6 Å². The van der Waals surface area contributed by atoms with E-state index in [0.29, 0.717) is 11.3 Å². The zero-order valence-electron chi connectivity index (χ0n) is 13.4. The van der Waals surface area contributed by atoms with E-state index >= 15 is 0 Å². The van der Waals surface area contributed by atoms with Gasteiger partial charge in [0.05, 0.1) is 18.0 Å². The SMILES string of the molecule is Cc1sc2[nH]c(=S)n(C[C@H]3CCCO3)c(=O)c2c1-c1ccccc1. The summed E-state index contributed by atoms with van der Waals surface area (Å²) < 4.78 is 7.82. The molecule has 4 rings (SSSR count). The van der Waals surface area contributed by atoms with Crippen molar-refractivity contribution in [2.75, 3.05) is 6.61 Å². The van der Waals surface area contributed by atoms with Gasteiger partial charge in [0.2, 0.25) is 0 Å². The molecule has 0 aliphatic carbocycles. The molecule has 3 heterocycles.